The molecule has 4 N–H and O–H groups in total. The van der Waals surface area contributed by atoms with Crippen molar-refractivity contribution in [2.24, 2.45) is 5.41 Å². The molecule has 0 spiro atoms. The Morgan fingerprint density at radius 3 is 2.07 bits per heavy atom. The molecule has 0 radical (unpaired) electrons. The van der Waals surface area contributed by atoms with E-state index in [0.717, 1.165) is 5.56 Å². The molecule has 3 nitrogen and oxygen atoms in total. The Hall–Kier alpha value is -1.51. The van der Waals surface area contributed by atoms with Crippen LogP contribution in [-0.4, -0.2) is 4.98 Å². The minimum absolute atomic E-state index is 0.160. The number of nitrogens with zero attached hydrogens (tertiary/aromatic N) is 1. The van der Waals surface area contributed by atoms with Gasteiger partial charge in [0.2, 0.25) is 0 Å². The van der Waals surface area contributed by atoms with Crippen LogP contribution < -0.4 is 11.5 Å². The second-order valence-electron chi connectivity index (χ2n) is 4.45. The van der Waals surface area contributed by atoms with E-state index in [1.54, 1.807) is 12.1 Å². The first kappa shape index (κ1) is 10.6. The molecule has 0 fully saturated rings. The summed E-state index contributed by atoms with van der Waals surface area (Å²) in [6.07, 6.45) is 4.12. The third kappa shape index (κ3) is 3.47. The molecule has 14 heavy (non-hydrogen) atoms. The van der Waals surface area contributed by atoms with E-state index >= 15 is 0 Å². The number of anilines is 2. The summed E-state index contributed by atoms with van der Waals surface area (Å²) < 4.78 is 0. The molecule has 1 rings (SSSR count). The molecule has 0 saturated carbocycles. The monoisotopic (exact) mass is 191 g/mol. The maximum atomic E-state index is 5.57. The van der Waals surface area contributed by atoms with Crippen LogP contribution in [0.15, 0.2) is 18.2 Å². The summed E-state index contributed by atoms with van der Waals surface area (Å²) in [6.45, 7) is 6.41. The third-order valence-electron chi connectivity index (χ3n) is 1.66. The molecule has 0 amide bonds. The van der Waals surface area contributed by atoms with Gasteiger partial charge >= 0.3 is 0 Å². The number of hydrogen-bond donors (Lipinski definition) is 2. The highest BCUT2D eigenvalue weighted by Crippen LogP contribution is 2.18. The van der Waals surface area contributed by atoms with Gasteiger partial charge in [-0.3, -0.25) is 0 Å². The summed E-state index contributed by atoms with van der Waals surface area (Å²) in [7, 11) is 0. The van der Waals surface area contributed by atoms with Gasteiger partial charge in [0.05, 0.1) is 0 Å². The molecule has 3 heteroatoms. The molecule has 1 heterocycles. The normalized spacial score (nSPS) is 12.2. The molecular formula is C11H17N3. The molecule has 0 aliphatic heterocycles. The van der Waals surface area contributed by atoms with Gasteiger partial charge in [-0.05, 0) is 23.1 Å². The lowest BCUT2D eigenvalue weighted by molar-refractivity contribution is 0.547. The van der Waals surface area contributed by atoms with Crippen molar-refractivity contribution in [2.45, 2.75) is 20.8 Å². The van der Waals surface area contributed by atoms with E-state index in [1.807, 2.05) is 6.08 Å². The minimum atomic E-state index is 0.160. The summed E-state index contributed by atoms with van der Waals surface area (Å²) >= 11 is 0. The van der Waals surface area contributed by atoms with Crippen molar-refractivity contribution in [3.05, 3.63) is 23.8 Å². The largest absolute Gasteiger partial charge is 0.384 e. The van der Waals surface area contributed by atoms with E-state index < -0.39 is 0 Å². The molecule has 0 aromatic carbocycles. The lowest BCUT2D eigenvalue weighted by atomic mass is 9.95. The Labute approximate surface area is 84.8 Å². The van der Waals surface area contributed by atoms with Crippen molar-refractivity contribution in [3.8, 4) is 0 Å². The van der Waals surface area contributed by atoms with Crippen LogP contribution in [0.4, 0.5) is 11.6 Å². The van der Waals surface area contributed by atoms with Crippen molar-refractivity contribution in [1.82, 2.24) is 4.98 Å². The molecule has 1 aromatic rings. The smallest absolute Gasteiger partial charge is 0.126 e. The maximum Gasteiger partial charge on any atom is 0.126 e. The fourth-order valence-corrected chi connectivity index (χ4v) is 1.04. The number of nitrogens with two attached hydrogens (primary N) is 2. The Bertz CT molecular complexity index is 328. The highest BCUT2D eigenvalue weighted by Gasteiger charge is 2.03. The van der Waals surface area contributed by atoms with E-state index in [-0.39, 0.29) is 5.41 Å². The fraction of sp³-hybridized carbons (Fsp3) is 0.364. The second-order valence-corrected chi connectivity index (χ2v) is 4.45. The van der Waals surface area contributed by atoms with Crippen LogP contribution in [0.2, 0.25) is 0 Å². The van der Waals surface area contributed by atoms with Crippen molar-refractivity contribution >= 4 is 17.7 Å². The van der Waals surface area contributed by atoms with Crippen molar-refractivity contribution in [3.63, 3.8) is 0 Å². The van der Waals surface area contributed by atoms with E-state index in [1.165, 1.54) is 0 Å². The van der Waals surface area contributed by atoms with Crippen LogP contribution in [0, 0.1) is 5.41 Å². The number of allylic oxidation sites excluding steroid dienone is 1. The van der Waals surface area contributed by atoms with Crippen LogP contribution in [0.5, 0.6) is 0 Å². The minimum Gasteiger partial charge on any atom is -0.384 e. The van der Waals surface area contributed by atoms with Crippen LogP contribution in [-0.2, 0) is 0 Å². The lowest BCUT2D eigenvalue weighted by Crippen LogP contribution is -1.99. The highest BCUT2D eigenvalue weighted by atomic mass is 14.9. The van der Waals surface area contributed by atoms with Crippen LogP contribution in [0.3, 0.4) is 0 Å². The average molecular weight is 191 g/mol. The summed E-state index contributed by atoms with van der Waals surface area (Å²) in [5.74, 6) is 0.914. The summed E-state index contributed by atoms with van der Waals surface area (Å²) in [4.78, 5) is 3.90. The topological polar surface area (TPSA) is 64.9 Å². The number of aromatic nitrogens is 1. The summed E-state index contributed by atoms with van der Waals surface area (Å²) in [6, 6.07) is 3.61. The van der Waals surface area contributed by atoms with E-state index in [9.17, 15) is 0 Å². The second kappa shape index (κ2) is 3.70. The number of hydrogen-bond acceptors (Lipinski definition) is 3. The van der Waals surface area contributed by atoms with E-state index in [2.05, 4.69) is 31.8 Å². The van der Waals surface area contributed by atoms with Crippen molar-refractivity contribution < 1.29 is 0 Å². The van der Waals surface area contributed by atoms with Gasteiger partial charge < -0.3 is 11.5 Å². The first-order valence-corrected chi connectivity index (χ1v) is 4.59. The predicted molar refractivity (Wildman–Crippen MR) is 61.6 cm³/mol. The zero-order chi connectivity index (χ0) is 10.8. The van der Waals surface area contributed by atoms with Crippen molar-refractivity contribution in [1.29, 1.82) is 0 Å². The SMILES string of the molecule is CC(C)(C)/C=C/c1cc(N)nc(N)c1. The van der Waals surface area contributed by atoms with Gasteiger partial charge in [0.15, 0.2) is 0 Å². The first-order valence-electron chi connectivity index (χ1n) is 4.59. The molecule has 0 aliphatic rings. The van der Waals surface area contributed by atoms with E-state index in [4.69, 9.17) is 11.5 Å². The van der Waals surface area contributed by atoms with Crippen LogP contribution in [0.1, 0.15) is 26.3 Å². The standard InChI is InChI=1S/C11H17N3/c1-11(2,3)5-4-8-6-9(12)14-10(13)7-8/h4-7H,1-3H3,(H4,12,13,14)/b5-4+. The Morgan fingerprint density at radius 1 is 1.14 bits per heavy atom. The zero-order valence-corrected chi connectivity index (χ0v) is 8.91. The molecular weight excluding hydrogens is 174 g/mol. The first-order chi connectivity index (χ1) is 6.37. The Kier molecular flexibility index (Phi) is 2.79. The van der Waals surface area contributed by atoms with Crippen LogP contribution in [0.25, 0.3) is 6.08 Å². The molecule has 0 bridgehead atoms. The molecule has 0 atom stereocenters. The van der Waals surface area contributed by atoms with E-state index in [0.29, 0.717) is 11.6 Å². The van der Waals surface area contributed by atoms with Gasteiger partial charge in [-0.2, -0.15) is 0 Å². The third-order valence-corrected chi connectivity index (χ3v) is 1.66. The highest BCUT2D eigenvalue weighted by molar-refractivity contribution is 5.58. The fourth-order valence-electron chi connectivity index (χ4n) is 1.04. The molecule has 0 saturated heterocycles. The lowest BCUT2D eigenvalue weighted by Gasteiger charge is -2.11. The zero-order valence-electron chi connectivity index (χ0n) is 8.91. The van der Waals surface area contributed by atoms with Gasteiger partial charge in [0, 0.05) is 0 Å². The predicted octanol–water partition coefficient (Wildman–Crippen LogP) is 2.31. The van der Waals surface area contributed by atoms with Gasteiger partial charge in [-0.25, -0.2) is 4.98 Å². The summed E-state index contributed by atoms with van der Waals surface area (Å²) in [5.41, 5.74) is 12.3. The number of rotatable bonds is 1. The molecule has 1 aromatic heterocycles. The van der Waals surface area contributed by atoms with Gasteiger partial charge in [0.1, 0.15) is 11.6 Å². The van der Waals surface area contributed by atoms with Gasteiger partial charge in [-0.1, -0.05) is 32.9 Å². The quantitative estimate of drug-likeness (QED) is 0.715. The average Bonchev–Trinajstić information content (AvgIpc) is 1.97. The molecule has 0 aliphatic carbocycles. The van der Waals surface area contributed by atoms with Crippen LogP contribution >= 0.6 is 0 Å². The Balaban J connectivity index is 2.92. The molecule has 76 valence electrons. The van der Waals surface area contributed by atoms with Gasteiger partial charge in [0.25, 0.3) is 0 Å². The number of pyridine rings is 1. The van der Waals surface area contributed by atoms with Crippen molar-refractivity contribution in [2.75, 3.05) is 11.5 Å². The Morgan fingerprint density at radius 2 is 1.64 bits per heavy atom. The van der Waals surface area contributed by atoms with Gasteiger partial charge in [-0.15, -0.1) is 0 Å². The number of nitrogen functional groups attached to an aromatic ring is 2. The maximum absolute atomic E-state index is 5.57. The molecule has 0 unspecified atom stereocenters. The summed E-state index contributed by atoms with van der Waals surface area (Å²) in [5, 5.41) is 0.